The largest absolute Gasteiger partial charge is 0.296 e. The minimum absolute atomic E-state index is 0.323. The van der Waals surface area contributed by atoms with Gasteiger partial charge in [0.1, 0.15) is 5.01 Å². The molecule has 152 valence electrons. The third-order valence-electron chi connectivity index (χ3n) is 5.18. The highest BCUT2D eigenvalue weighted by Gasteiger charge is 2.36. The van der Waals surface area contributed by atoms with Crippen molar-refractivity contribution in [2.45, 2.75) is 32.6 Å². The average Bonchev–Trinajstić information content (AvgIpc) is 3.32. The van der Waals surface area contributed by atoms with E-state index >= 15 is 0 Å². The van der Waals surface area contributed by atoms with Crippen LogP contribution in [0.3, 0.4) is 0 Å². The lowest BCUT2D eigenvalue weighted by molar-refractivity contribution is 0.0925. The molecule has 0 saturated carbocycles. The maximum absolute atomic E-state index is 12.6. The van der Waals surface area contributed by atoms with E-state index in [0.29, 0.717) is 33.4 Å². The van der Waals surface area contributed by atoms with Crippen LogP contribution < -0.4 is 10.2 Å². The van der Waals surface area contributed by atoms with Gasteiger partial charge in [0.05, 0.1) is 16.8 Å². The fourth-order valence-corrected chi connectivity index (χ4v) is 4.45. The molecule has 0 fully saturated rings. The average molecular weight is 420 g/mol. The van der Waals surface area contributed by atoms with E-state index in [2.05, 4.69) is 29.4 Å². The molecule has 4 rings (SSSR count). The Kier molecular flexibility index (Phi) is 5.41. The first-order valence-electron chi connectivity index (χ1n) is 9.76. The van der Waals surface area contributed by atoms with Crippen LogP contribution in [0.15, 0.2) is 48.5 Å². The molecule has 7 nitrogen and oxygen atoms in total. The third kappa shape index (κ3) is 3.50. The Morgan fingerprint density at radius 2 is 1.57 bits per heavy atom. The molecule has 0 unspecified atom stereocenters. The first-order chi connectivity index (χ1) is 14.5. The van der Waals surface area contributed by atoms with Crippen molar-refractivity contribution in [3.63, 3.8) is 0 Å². The van der Waals surface area contributed by atoms with Crippen molar-refractivity contribution >= 4 is 39.9 Å². The number of hydrogen-bond acceptors (Lipinski definition) is 6. The zero-order valence-electron chi connectivity index (χ0n) is 16.6. The second-order valence-corrected chi connectivity index (χ2v) is 7.96. The molecule has 0 spiro atoms. The Morgan fingerprint density at radius 3 is 2.13 bits per heavy atom. The van der Waals surface area contributed by atoms with Gasteiger partial charge in [0.25, 0.3) is 17.7 Å². The predicted molar refractivity (Wildman–Crippen MR) is 115 cm³/mol. The van der Waals surface area contributed by atoms with E-state index in [1.807, 2.05) is 0 Å². The first kappa shape index (κ1) is 19.9. The highest BCUT2D eigenvalue weighted by Crippen LogP contribution is 2.30. The molecule has 2 aromatic carbocycles. The number of benzene rings is 2. The molecular weight excluding hydrogens is 400 g/mol. The van der Waals surface area contributed by atoms with Gasteiger partial charge >= 0.3 is 0 Å². The molecule has 3 aromatic rings. The van der Waals surface area contributed by atoms with Gasteiger partial charge in [0.2, 0.25) is 5.13 Å². The van der Waals surface area contributed by atoms with E-state index in [0.717, 1.165) is 22.7 Å². The normalized spacial score (nSPS) is 13.1. The van der Waals surface area contributed by atoms with Crippen LogP contribution in [-0.2, 0) is 0 Å². The molecule has 1 aliphatic rings. The van der Waals surface area contributed by atoms with Crippen molar-refractivity contribution in [2.75, 3.05) is 10.2 Å². The van der Waals surface area contributed by atoms with E-state index in [4.69, 9.17) is 0 Å². The Labute approximate surface area is 177 Å². The second-order valence-electron chi connectivity index (χ2n) is 6.95. The summed E-state index contributed by atoms with van der Waals surface area (Å²) in [5, 5.41) is 12.4. The van der Waals surface area contributed by atoms with Crippen LogP contribution in [0, 0.1) is 0 Å². The van der Waals surface area contributed by atoms with Crippen LogP contribution in [0.2, 0.25) is 0 Å². The number of aromatic nitrogens is 2. The van der Waals surface area contributed by atoms with Crippen LogP contribution >= 0.6 is 11.3 Å². The number of fused-ring (bicyclic) bond motifs is 1. The van der Waals surface area contributed by atoms with Crippen molar-refractivity contribution in [3.8, 4) is 0 Å². The van der Waals surface area contributed by atoms with Crippen molar-refractivity contribution in [1.82, 2.24) is 10.2 Å². The minimum Gasteiger partial charge on any atom is -0.296 e. The number of anilines is 2. The maximum atomic E-state index is 12.6. The number of nitrogens with one attached hydrogen (secondary N) is 1. The van der Waals surface area contributed by atoms with Gasteiger partial charge < -0.3 is 0 Å². The fourth-order valence-electron chi connectivity index (χ4n) is 3.44. The number of carbonyl (C=O) groups is 3. The summed E-state index contributed by atoms with van der Waals surface area (Å²) in [6, 6.07) is 13.1. The summed E-state index contributed by atoms with van der Waals surface area (Å²) < 4.78 is 0. The number of carbonyl (C=O) groups excluding carboxylic acids is 3. The quantitative estimate of drug-likeness (QED) is 0.593. The van der Waals surface area contributed by atoms with E-state index in [9.17, 15) is 14.4 Å². The number of imide groups is 1. The summed E-state index contributed by atoms with van der Waals surface area (Å²) in [5.41, 5.74) is 1.59. The molecule has 0 radical (unpaired) electrons. The standard InChI is InChI=1S/C22H20N4O3S/c1-3-13(4-2)19-24-25-22(30-19)23-18(27)14-9-11-15(12-10-14)26-20(28)16-7-5-6-8-17(16)21(26)29/h5-13H,3-4H2,1-2H3,(H,23,25,27). The molecule has 1 N–H and O–H groups in total. The second kappa shape index (κ2) is 8.16. The molecule has 8 heteroatoms. The zero-order valence-corrected chi connectivity index (χ0v) is 17.4. The third-order valence-corrected chi connectivity index (χ3v) is 6.18. The fraction of sp³-hybridized carbons (Fsp3) is 0.227. The molecule has 2 heterocycles. The van der Waals surface area contributed by atoms with Crippen molar-refractivity contribution in [1.29, 1.82) is 0 Å². The molecule has 0 bridgehead atoms. The van der Waals surface area contributed by atoms with Crippen LogP contribution in [-0.4, -0.2) is 27.9 Å². The number of rotatable bonds is 6. The highest BCUT2D eigenvalue weighted by atomic mass is 32.1. The van der Waals surface area contributed by atoms with Crippen LogP contribution in [0.4, 0.5) is 10.8 Å². The lowest BCUT2D eigenvalue weighted by Crippen LogP contribution is -2.29. The molecule has 0 atom stereocenters. The highest BCUT2D eigenvalue weighted by molar-refractivity contribution is 7.15. The first-order valence-corrected chi connectivity index (χ1v) is 10.6. The molecule has 0 saturated heterocycles. The van der Waals surface area contributed by atoms with Gasteiger partial charge in [-0.3, -0.25) is 19.7 Å². The topological polar surface area (TPSA) is 92.3 Å². The van der Waals surface area contributed by atoms with Crippen LogP contribution in [0.1, 0.15) is 68.7 Å². The number of nitrogens with zero attached hydrogens (tertiary/aromatic N) is 3. The van der Waals surface area contributed by atoms with E-state index in [1.54, 1.807) is 48.5 Å². The van der Waals surface area contributed by atoms with E-state index in [-0.39, 0.29) is 17.7 Å². The summed E-state index contributed by atoms with van der Waals surface area (Å²) in [6.07, 6.45) is 1.94. The monoisotopic (exact) mass is 420 g/mol. The van der Waals surface area contributed by atoms with Crippen molar-refractivity contribution in [3.05, 3.63) is 70.2 Å². The van der Waals surface area contributed by atoms with Crippen molar-refractivity contribution in [2.24, 2.45) is 0 Å². The summed E-state index contributed by atoms with van der Waals surface area (Å²) in [5.74, 6) is -0.713. The Bertz CT molecular complexity index is 1080. The SMILES string of the molecule is CCC(CC)c1nnc(NC(=O)c2ccc(N3C(=O)c4ccccc4C3=O)cc2)s1. The molecule has 1 aliphatic heterocycles. The van der Waals surface area contributed by atoms with Gasteiger partial charge in [0.15, 0.2) is 0 Å². The predicted octanol–water partition coefficient (Wildman–Crippen LogP) is 4.49. The molecule has 1 aromatic heterocycles. The molecular formula is C22H20N4O3S. The van der Waals surface area contributed by atoms with Crippen LogP contribution in [0.5, 0.6) is 0 Å². The maximum Gasteiger partial charge on any atom is 0.266 e. The van der Waals surface area contributed by atoms with Crippen LogP contribution in [0.25, 0.3) is 0 Å². The Hall–Kier alpha value is -3.39. The lowest BCUT2D eigenvalue weighted by atomic mass is 10.1. The minimum atomic E-state index is -0.365. The molecule has 30 heavy (non-hydrogen) atoms. The Balaban J connectivity index is 1.48. The lowest BCUT2D eigenvalue weighted by Gasteiger charge is -2.14. The summed E-state index contributed by atoms with van der Waals surface area (Å²) in [7, 11) is 0. The van der Waals surface area contributed by atoms with E-state index in [1.165, 1.54) is 11.3 Å². The smallest absolute Gasteiger partial charge is 0.266 e. The van der Waals surface area contributed by atoms with Gasteiger partial charge in [-0.25, -0.2) is 4.90 Å². The zero-order chi connectivity index (χ0) is 21.3. The molecule has 3 amide bonds. The molecule has 0 aliphatic carbocycles. The summed E-state index contributed by atoms with van der Waals surface area (Å²) in [4.78, 5) is 38.8. The van der Waals surface area contributed by atoms with Crippen molar-refractivity contribution < 1.29 is 14.4 Å². The van der Waals surface area contributed by atoms with Gasteiger partial charge in [-0.15, -0.1) is 10.2 Å². The van der Waals surface area contributed by atoms with Gasteiger partial charge in [-0.1, -0.05) is 37.3 Å². The summed E-state index contributed by atoms with van der Waals surface area (Å²) in [6.45, 7) is 4.20. The van der Waals surface area contributed by atoms with Gasteiger partial charge in [-0.05, 0) is 49.2 Å². The summed E-state index contributed by atoms with van der Waals surface area (Å²) >= 11 is 1.38. The Morgan fingerprint density at radius 1 is 0.967 bits per heavy atom. The van der Waals surface area contributed by atoms with E-state index < -0.39 is 0 Å². The van der Waals surface area contributed by atoms with Gasteiger partial charge in [-0.2, -0.15) is 0 Å². The van der Waals surface area contributed by atoms with Gasteiger partial charge in [0, 0.05) is 11.5 Å². The number of hydrogen-bond donors (Lipinski definition) is 1. The number of amides is 3.